The van der Waals surface area contributed by atoms with E-state index in [-0.39, 0.29) is 16.8 Å². The Bertz CT molecular complexity index is 933. The van der Waals surface area contributed by atoms with Crippen LogP contribution >= 0.6 is 0 Å². The topological polar surface area (TPSA) is 79.0 Å². The van der Waals surface area contributed by atoms with Gasteiger partial charge in [0.1, 0.15) is 5.75 Å². The SMILES string of the molecule is COc1ccc(N2CCC(NC(=O)c3ccc(S(=O)(=O)N(C)C)cc3)CC2)cc1. The first-order chi connectivity index (χ1) is 13.8. The lowest BCUT2D eigenvalue weighted by atomic mass is 10.0. The van der Waals surface area contributed by atoms with E-state index in [0.717, 1.165) is 41.7 Å². The van der Waals surface area contributed by atoms with E-state index in [9.17, 15) is 13.2 Å². The van der Waals surface area contributed by atoms with Crippen LogP contribution in [0.5, 0.6) is 5.75 Å². The normalized spacial score (nSPS) is 15.4. The van der Waals surface area contributed by atoms with Crippen LogP contribution in [-0.4, -0.2) is 59.0 Å². The molecule has 2 aromatic carbocycles. The van der Waals surface area contributed by atoms with E-state index in [1.165, 1.54) is 26.2 Å². The van der Waals surface area contributed by atoms with Crippen LogP contribution in [0.4, 0.5) is 5.69 Å². The minimum Gasteiger partial charge on any atom is -0.497 e. The zero-order chi connectivity index (χ0) is 21.0. The highest BCUT2D eigenvalue weighted by atomic mass is 32.2. The second kappa shape index (κ2) is 8.84. The molecule has 0 spiro atoms. The number of piperidine rings is 1. The molecule has 0 aromatic heterocycles. The fraction of sp³-hybridized carbons (Fsp3) is 0.381. The summed E-state index contributed by atoms with van der Waals surface area (Å²) in [5.41, 5.74) is 1.61. The van der Waals surface area contributed by atoms with E-state index < -0.39 is 10.0 Å². The predicted molar refractivity (Wildman–Crippen MR) is 113 cm³/mol. The Hall–Kier alpha value is -2.58. The first-order valence-corrected chi connectivity index (χ1v) is 11.0. The van der Waals surface area contributed by atoms with E-state index in [4.69, 9.17) is 4.74 Å². The molecule has 0 bridgehead atoms. The number of ether oxygens (including phenoxy) is 1. The first kappa shape index (κ1) is 21.1. The van der Waals surface area contributed by atoms with Crippen molar-refractivity contribution in [2.24, 2.45) is 0 Å². The van der Waals surface area contributed by atoms with E-state index in [1.54, 1.807) is 19.2 Å². The number of carbonyl (C=O) groups is 1. The van der Waals surface area contributed by atoms with Crippen LogP contribution < -0.4 is 15.0 Å². The minimum atomic E-state index is -3.50. The van der Waals surface area contributed by atoms with Gasteiger partial charge in [-0.05, 0) is 61.4 Å². The number of benzene rings is 2. The summed E-state index contributed by atoms with van der Waals surface area (Å²) in [5, 5.41) is 3.06. The summed E-state index contributed by atoms with van der Waals surface area (Å²) < 4.78 is 30.6. The largest absolute Gasteiger partial charge is 0.497 e. The molecule has 1 heterocycles. The van der Waals surface area contributed by atoms with Crippen LogP contribution in [0.3, 0.4) is 0 Å². The summed E-state index contributed by atoms with van der Waals surface area (Å²) in [7, 11) is 1.12. The first-order valence-electron chi connectivity index (χ1n) is 9.53. The molecule has 0 saturated carbocycles. The van der Waals surface area contributed by atoms with Gasteiger partial charge in [0, 0.05) is 44.5 Å². The molecular formula is C21H27N3O4S. The maximum Gasteiger partial charge on any atom is 0.251 e. The van der Waals surface area contributed by atoms with E-state index in [2.05, 4.69) is 10.2 Å². The van der Waals surface area contributed by atoms with Gasteiger partial charge in [0.2, 0.25) is 10.0 Å². The Morgan fingerprint density at radius 2 is 1.62 bits per heavy atom. The number of hydrogen-bond donors (Lipinski definition) is 1. The van der Waals surface area contributed by atoms with Gasteiger partial charge in [0.15, 0.2) is 0 Å². The molecule has 0 aliphatic carbocycles. The third kappa shape index (κ3) is 4.89. The summed E-state index contributed by atoms with van der Waals surface area (Å²) in [6, 6.07) is 14.1. The van der Waals surface area contributed by atoms with Gasteiger partial charge in [-0.3, -0.25) is 4.79 Å². The zero-order valence-electron chi connectivity index (χ0n) is 17.0. The van der Waals surface area contributed by atoms with E-state index >= 15 is 0 Å². The molecule has 7 nitrogen and oxygen atoms in total. The van der Waals surface area contributed by atoms with E-state index in [1.807, 2.05) is 24.3 Å². The van der Waals surface area contributed by atoms with Crippen molar-refractivity contribution in [1.82, 2.24) is 9.62 Å². The lowest BCUT2D eigenvalue weighted by molar-refractivity contribution is 0.0931. The molecule has 1 amide bonds. The van der Waals surface area contributed by atoms with Crippen molar-refractivity contribution >= 4 is 21.6 Å². The lowest BCUT2D eigenvalue weighted by Gasteiger charge is -2.34. The number of amides is 1. The van der Waals surface area contributed by atoms with Gasteiger partial charge in [0.25, 0.3) is 5.91 Å². The number of methoxy groups -OCH3 is 1. The van der Waals surface area contributed by atoms with Crippen LogP contribution in [0.15, 0.2) is 53.4 Å². The molecule has 1 fully saturated rings. The molecule has 0 radical (unpaired) electrons. The molecule has 0 unspecified atom stereocenters. The van der Waals surface area contributed by atoms with Crippen LogP contribution in [-0.2, 0) is 10.0 Å². The third-order valence-electron chi connectivity index (χ3n) is 5.16. The summed E-state index contributed by atoms with van der Waals surface area (Å²) >= 11 is 0. The Morgan fingerprint density at radius 1 is 1.03 bits per heavy atom. The van der Waals surface area contributed by atoms with Crippen molar-refractivity contribution in [3.63, 3.8) is 0 Å². The Labute approximate surface area is 172 Å². The average Bonchev–Trinajstić information content (AvgIpc) is 2.74. The van der Waals surface area contributed by atoms with Crippen LogP contribution in [0.2, 0.25) is 0 Å². The third-order valence-corrected chi connectivity index (χ3v) is 6.99. The number of sulfonamides is 1. The fourth-order valence-corrected chi connectivity index (χ4v) is 4.23. The fourth-order valence-electron chi connectivity index (χ4n) is 3.33. The van der Waals surface area contributed by atoms with Crippen molar-refractivity contribution in [3.05, 3.63) is 54.1 Å². The number of nitrogens with one attached hydrogen (secondary N) is 1. The molecule has 1 aliphatic rings. The Balaban J connectivity index is 1.55. The maximum absolute atomic E-state index is 12.5. The monoisotopic (exact) mass is 417 g/mol. The molecule has 29 heavy (non-hydrogen) atoms. The molecule has 1 saturated heterocycles. The second-order valence-corrected chi connectivity index (χ2v) is 9.40. The van der Waals surface area contributed by atoms with Gasteiger partial charge in [-0.1, -0.05) is 0 Å². The summed E-state index contributed by atoms with van der Waals surface area (Å²) in [6.07, 6.45) is 1.70. The standard InChI is InChI=1S/C21H27N3O4S/c1-23(2)29(26,27)20-10-4-16(5-11-20)21(25)22-17-12-14-24(15-13-17)18-6-8-19(28-3)9-7-18/h4-11,17H,12-15H2,1-3H3,(H,22,25). The summed E-state index contributed by atoms with van der Waals surface area (Å²) in [5.74, 6) is 0.655. The highest BCUT2D eigenvalue weighted by Crippen LogP contribution is 2.23. The number of anilines is 1. The molecular weight excluding hydrogens is 390 g/mol. The molecule has 0 atom stereocenters. The number of hydrogen-bond acceptors (Lipinski definition) is 5. The quantitative estimate of drug-likeness (QED) is 0.781. The molecule has 3 rings (SSSR count). The minimum absolute atomic E-state index is 0.0992. The van der Waals surface area contributed by atoms with Gasteiger partial charge in [-0.2, -0.15) is 0 Å². The van der Waals surface area contributed by atoms with Crippen molar-refractivity contribution in [3.8, 4) is 5.75 Å². The molecule has 2 aromatic rings. The van der Waals surface area contributed by atoms with Gasteiger partial charge in [-0.15, -0.1) is 0 Å². The predicted octanol–water partition coefficient (Wildman–Crippen LogP) is 2.34. The molecule has 1 N–H and O–H groups in total. The lowest BCUT2D eigenvalue weighted by Crippen LogP contribution is -2.44. The number of carbonyl (C=O) groups excluding carboxylic acids is 1. The summed E-state index contributed by atoms with van der Waals surface area (Å²) in [6.45, 7) is 1.72. The zero-order valence-corrected chi connectivity index (χ0v) is 17.8. The Morgan fingerprint density at radius 3 is 2.14 bits per heavy atom. The van der Waals surface area contributed by atoms with Crippen molar-refractivity contribution in [1.29, 1.82) is 0 Å². The molecule has 8 heteroatoms. The van der Waals surface area contributed by atoms with Crippen molar-refractivity contribution in [2.45, 2.75) is 23.8 Å². The molecule has 156 valence electrons. The second-order valence-electron chi connectivity index (χ2n) is 7.24. The van der Waals surface area contributed by atoms with E-state index in [0.29, 0.717) is 5.56 Å². The molecule has 1 aliphatic heterocycles. The van der Waals surface area contributed by atoms with Crippen molar-refractivity contribution < 1.29 is 17.9 Å². The smallest absolute Gasteiger partial charge is 0.251 e. The van der Waals surface area contributed by atoms with Gasteiger partial charge in [0.05, 0.1) is 12.0 Å². The average molecular weight is 418 g/mol. The van der Waals surface area contributed by atoms with Gasteiger partial charge < -0.3 is 15.0 Å². The maximum atomic E-state index is 12.5. The van der Waals surface area contributed by atoms with Gasteiger partial charge in [-0.25, -0.2) is 12.7 Å². The highest BCUT2D eigenvalue weighted by Gasteiger charge is 2.22. The summed E-state index contributed by atoms with van der Waals surface area (Å²) in [4.78, 5) is 15.0. The Kier molecular flexibility index (Phi) is 6.44. The van der Waals surface area contributed by atoms with Gasteiger partial charge >= 0.3 is 0 Å². The number of nitrogens with zero attached hydrogens (tertiary/aromatic N) is 2. The number of rotatable bonds is 6. The van der Waals surface area contributed by atoms with Crippen LogP contribution in [0.25, 0.3) is 0 Å². The highest BCUT2D eigenvalue weighted by molar-refractivity contribution is 7.89. The van der Waals surface area contributed by atoms with Crippen LogP contribution in [0.1, 0.15) is 23.2 Å². The van der Waals surface area contributed by atoms with Crippen LogP contribution in [0, 0.1) is 0 Å². The van der Waals surface area contributed by atoms with Crippen molar-refractivity contribution in [2.75, 3.05) is 39.2 Å².